The Morgan fingerprint density at radius 3 is 2.00 bits per heavy atom. The lowest BCUT2D eigenvalue weighted by molar-refractivity contribution is -0.131. The van der Waals surface area contributed by atoms with E-state index in [-0.39, 0.29) is 36.0 Å². The molecule has 2 N–H and O–H groups in total. The molecule has 0 heterocycles. The third-order valence-electron chi connectivity index (χ3n) is 4.23. The van der Waals surface area contributed by atoms with Gasteiger partial charge in [-0.1, -0.05) is 45.9 Å². The topological polar surface area (TPSA) is 84.5 Å². The molecule has 0 fully saturated rings. The molecule has 0 spiro atoms. The maximum Gasteiger partial charge on any atom is 0.251 e. The summed E-state index contributed by atoms with van der Waals surface area (Å²) >= 11 is 0. The van der Waals surface area contributed by atoms with E-state index in [2.05, 4.69) is 10.6 Å². The Labute approximate surface area is 168 Å². The predicted molar refractivity (Wildman–Crippen MR) is 110 cm³/mol. The molecule has 0 aliphatic carbocycles. The number of amides is 2. The fraction of sp³-hybridized carbons (Fsp3) is 0.591. The maximum absolute atomic E-state index is 12.9. The Morgan fingerprint density at radius 1 is 0.893 bits per heavy atom. The zero-order valence-electron chi connectivity index (χ0n) is 17.7. The van der Waals surface area contributed by atoms with Gasteiger partial charge in [-0.2, -0.15) is 0 Å². The van der Waals surface area contributed by atoms with Crippen LogP contribution in [0.5, 0.6) is 0 Å². The quantitative estimate of drug-likeness (QED) is 0.575. The molecule has 0 aliphatic rings. The van der Waals surface area contributed by atoms with Crippen molar-refractivity contribution in [1.29, 1.82) is 0 Å². The zero-order valence-corrected chi connectivity index (χ0v) is 17.7. The highest BCUT2D eigenvalue weighted by Crippen LogP contribution is 2.10. The monoisotopic (exact) mass is 390 g/mol. The van der Waals surface area contributed by atoms with Crippen LogP contribution >= 0.6 is 0 Å². The van der Waals surface area contributed by atoms with Crippen molar-refractivity contribution in [2.75, 3.05) is 13.2 Å². The highest BCUT2D eigenvalue weighted by atomic mass is 16.5. The van der Waals surface area contributed by atoms with Crippen LogP contribution in [0.3, 0.4) is 0 Å². The van der Waals surface area contributed by atoms with Crippen molar-refractivity contribution in [3.63, 3.8) is 0 Å². The van der Waals surface area contributed by atoms with Crippen molar-refractivity contribution in [2.45, 2.75) is 59.5 Å². The average Bonchev–Trinajstić information content (AvgIpc) is 2.64. The van der Waals surface area contributed by atoms with E-state index in [0.29, 0.717) is 25.0 Å². The Kier molecular flexibility index (Phi) is 10.5. The molecule has 1 aromatic rings. The van der Waals surface area contributed by atoms with Crippen LogP contribution in [0.2, 0.25) is 0 Å². The van der Waals surface area contributed by atoms with Crippen LogP contribution in [-0.2, 0) is 14.3 Å². The summed E-state index contributed by atoms with van der Waals surface area (Å²) in [5.74, 6) is -0.356. The fourth-order valence-electron chi connectivity index (χ4n) is 2.85. The van der Waals surface area contributed by atoms with Crippen LogP contribution in [0.4, 0.5) is 0 Å². The minimum atomic E-state index is -0.706. The first-order valence-electron chi connectivity index (χ1n) is 10.0. The number of Topliss-reactive ketones (excluding diaryl/α,β-unsaturated/α-hetero) is 1. The van der Waals surface area contributed by atoms with Gasteiger partial charge < -0.3 is 15.4 Å². The third-order valence-corrected chi connectivity index (χ3v) is 4.23. The Hall–Kier alpha value is -2.21. The van der Waals surface area contributed by atoms with Gasteiger partial charge in [0, 0.05) is 12.2 Å². The smallest absolute Gasteiger partial charge is 0.251 e. The molecule has 1 aromatic carbocycles. The number of hydrogen-bond acceptors (Lipinski definition) is 4. The van der Waals surface area contributed by atoms with Gasteiger partial charge in [0.1, 0.15) is 12.6 Å². The molecule has 2 atom stereocenters. The first kappa shape index (κ1) is 23.8. The summed E-state index contributed by atoms with van der Waals surface area (Å²) in [4.78, 5) is 37.8. The van der Waals surface area contributed by atoms with E-state index in [1.807, 2.05) is 40.7 Å². The van der Waals surface area contributed by atoms with Crippen LogP contribution < -0.4 is 10.6 Å². The second-order valence-electron chi connectivity index (χ2n) is 7.82. The largest absolute Gasteiger partial charge is 0.374 e. The number of ketones is 1. The van der Waals surface area contributed by atoms with Gasteiger partial charge in [0.2, 0.25) is 5.91 Å². The predicted octanol–water partition coefficient (Wildman–Crippen LogP) is 2.97. The van der Waals surface area contributed by atoms with Crippen molar-refractivity contribution in [3.05, 3.63) is 35.9 Å². The molecule has 1 unspecified atom stereocenters. The molecule has 2 amide bonds. The van der Waals surface area contributed by atoms with Gasteiger partial charge in [0.15, 0.2) is 5.78 Å². The van der Waals surface area contributed by atoms with Crippen molar-refractivity contribution < 1.29 is 19.1 Å². The van der Waals surface area contributed by atoms with Crippen molar-refractivity contribution in [1.82, 2.24) is 10.6 Å². The lowest BCUT2D eigenvalue weighted by Crippen LogP contribution is -2.52. The molecular weight excluding hydrogens is 356 g/mol. The molecule has 6 heteroatoms. The highest BCUT2D eigenvalue weighted by molar-refractivity contribution is 5.98. The number of nitrogens with one attached hydrogen (secondary N) is 2. The summed E-state index contributed by atoms with van der Waals surface area (Å²) in [6.45, 7) is 10.2. The molecule has 0 bridgehead atoms. The molecule has 0 radical (unpaired) electrons. The Bertz CT molecular complexity index is 629. The van der Waals surface area contributed by atoms with Gasteiger partial charge in [-0.3, -0.25) is 14.4 Å². The van der Waals surface area contributed by atoms with Crippen molar-refractivity contribution >= 4 is 17.6 Å². The van der Waals surface area contributed by atoms with E-state index in [0.717, 1.165) is 0 Å². The SMILES string of the molecule is CCOCC(=O)[C@H](CC(C)C)NC(=O)C(CC(C)C)NC(=O)c1ccccc1. The standard InChI is InChI=1S/C22H34N2O4/c1-6-28-14-20(25)18(12-15(2)3)23-22(27)19(13-16(4)5)24-21(26)17-10-8-7-9-11-17/h7-11,15-16,18-19H,6,12-14H2,1-5H3,(H,23,27)(H,24,26)/t18-,19?/m0/s1. The molecular formula is C22H34N2O4. The van der Waals surface area contributed by atoms with Gasteiger partial charge >= 0.3 is 0 Å². The summed E-state index contributed by atoms with van der Waals surface area (Å²) in [6, 6.07) is 7.45. The zero-order chi connectivity index (χ0) is 21.1. The number of benzene rings is 1. The van der Waals surface area contributed by atoms with Gasteiger partial charge in [0.25, 0.3) is 5.91 Å². The minimum absolute atomic E-state index is 0.0284. The number of rotatable bonds is 12. The summed E-state index contributed by atoms with van der Waals surface area (Å²) in [6.07, 6.45) is 1.01. The fourth-order valence-corrected chi connectivity index (χ4v) is 2.85. The third kappa shape index (κ3) is 8.65. The van der Waals surface area contributed by atoms with Gasteiger partial charge in [-0.15, -0.1) is 0 Å². The minimum Gasteiger partial charge on any atom is -0.374 e. The molecule has 0 saturated carbocycles. The lowest BCUT2D eigenvalue weighted by Gasteiger charge is -2.25. The van der Waals surface area contributed by atoms with Crippen molar-refractivity contribution in [2.24, 2.45) is 11.8 Å². The molecule has 0 aliphatic heterocycles. The van der Waals surface area contributed by atoms with E-state index in [1.165, 1.54) is 0 Å². The molecule has 6 nitrogen and oxygen atoms in total. The first-order valence-corrected chi connectivity index (χ1v) is 10.0. The molecule has 0 aromatic heterocycles. The van der Waals surface area contributed by atoms with Gasteiger partial charge in [-0.25, -0.2) is 0 Å². The van der Waals surface area contributed by atoms with E-state index in [4.69, 9.17) is 4.74 Å². The van der Waals surface area contributed by atoms with E-state index < -0.39 is 12.1 Å². The number of ether oxygens (including phenoxy) is 1. The van der Waals surface area contributed by atoms with Crippen LogP contribution in [0, 0.1) is 11.8 Å². The molecule has 1 rings (SSSR count). The average molecular weight is 391 g/mol. The van der Waals surface area contributed by atoms with E-state index >= 15 is 0 Å². The number of carbonyl (C=O) groups excluding carboxylic acids is 3. The van der Waals surface area contributed by atoms with Crippen LogP contribution in [-0.4, -0.2) is 42.9 Å². The normalized spacial score (nSPS) is 13.2. The maximum atomic E-state index is 12.9. The number of carbonyl (C=O) groups is 3. The first-order chi connectivity index (χ1) is 13.2. The van der Waals surface area contributed by atoms with Gasteiger partial charge in [0.05, 0.1) is 6.04 Å². The molecule has 156 valence electrons. The van der Waals surface area contributed by atoms with E-state index in [9.17, 15) is 14.4 Å². The highest BCUT2D eigenvalue weighted by Gasteiger charge is 2.28. The summed E-state index contributed by atoms with van der Waals surface area (Å²) < 4.78 is 5.22. The summed E-state index contributed by atoms with van der Waals surface area (Å²) in [5.41, 5.74) is 0.496. The summed E-state index contributed by atoms with van der Waals surface area (Å²) in [7, 11) is 0. The number of hydrogen-bond donors (Lipinski definition) is 2. The van der Waals surface area contributed by atoms with Crippen molar-refractivity contribution in [3.8, 4) is 0 Å². The Morgan fingerprint density at radius 2 is 1.46 bits per heavy atom. The second kappa shape index (κ2) is 12.3. The second-order valence-corrected chi connectivity index (χ2v) is 7.82. The Balaban J connectivity index is 2.87. The van der Waals surface area contributed by atoms with E-state index in [1.54, 1.807) is 24.3 Å². The van der Waals surface area contributed by atoms with Crippen LogP contribution in [0.15, 0.2) is 30.3 Å². The molecule has 28 heavy (non-hydrogen) atoms. The van der Waals surface area contributed by atoms with Crippen LogP contribution in [0.25, 0.3) is 0 Å². The van der Waals surface area contributed by atoms with Gasteiger partial charge in [-0.05, 0) is 43.7 Å². The lowest BCUT2D eigenvalue weighted by atomic mass is 9.98. The van der Waals surface area contributed by atoms with Crippen LogP contribution in [0.1, 0.15) is 57.8 Å². The molecule has 0 saturated heterocycles. The summed E-state index contributed by atoms with van der Waals surface area (Å²) in [5, 5.41) is 5.65.